The van der Waals surface area contributed by atoms with Crippen LogP contribution in [0.15, 0.2) is 0 Å². The fourth-order valence-corrected chi connectivity index (χ4v) is 2.55. The van der Waals surface area contributed by atoms with E-state index in [2.05, 4.69) is 12.2 Å². The van der Waals surface area contributed by atoms with Crippen LogP contribution in [0.1, 0.15) is 51.9 Å². The van der Waals surface area contributed by atoms with E-state index in [-0.39, 0.29) is 0 Å². The van der Waals surface area contributed by atoms with Crippen molar-refractivity contribution < 1.29 is 14.6 Å². The molecule has 1 rings (SSSR count). The van der Waals surface area contributed by atoms with Gasteiger partial charge in [0.1, 0.15) is 0 Å². The van der Waals surface area contributed by atoms with Gasteiger partial charge in [0.15, 0.2) is 0 Å². The molecule has 2 N–H and O–H groups in total. The molecule has 0 aromatic carbocycles. The fraction of sp³-hybridized carbons (Fsp3) is 1.00. The predicted molar refractivity (Wildman–Crippen MR) is 77.4 cm³/mol. The van der Waals surface area contributed by atoms with Crippen LogP contribution in [0.4, 0.5) is 0 Å². The molecule has 0 bridgehead atoms. The summed E-state index contributed by atoms with van der Waals surface area (Å²) in [6.07, 6.45) is 8.17. The number of unbranched alkanes of at least 4 members (excludes halogenated alkanes) is 3. The molecule has 0 aromatic heterocycles. The SMILES string of the molecule is CCCCCCOCC(O)CNC1CCC(OC)C1. The Kier molecular flexibility index (Phi) is 9.43. The van der Waals surface area contributed by atoms with Gasteiger partial charge >= 0.3 is 0 Å². The Morgan fingerprint density at radius 2 is 2.11 bits per heavy atom. The van der Waals surface area contributed by atoms with E-state index in [1.165, 1.54) is 19.3 Å². The zero-order valence-electron chi connectivity index (χ0n) is 12.6. The lowest BCUT2D eigenvalue weighted by Gasteiger charge is -2.16. The Morgan fingerprint density at radius 1 is 1.26 bits per heavy atom. The average Bonchev–Trinajstić information content (AvgIpc) is 2.88. The second-order valence-corrected chi connectivity index (χ2v) is 5.57. The topological polar surface area (TPSA) is 50.7 Å². The fourth-order valence-electron chi connectivity index (χ4n) is 2.55. The molecule has 19 heavy (non-hydrogen) atoms. The van der Waals surface area contributed by atoms with Gasteiger partial charge < -0.3 is 19.9 Å². The standard InChI is InChI=1S/C15H31NO3/c1-3-4-5-6-9-19-12-14(17)11-16-13-7-8-15(10-13)18-2/h13-17H,3-12H2,1-2H3. The zero-order valence-corrected chi connectivity index (χ0v) is 12.6. The van der Waals surface area contributed by atoms with E-state index in [1.807, 2.05) is 0 Å². The molecule has 3 atom stereocenters. The first-order valence-electron chi connectivity index (χ1n) is 7.78. The molecule has 1 aliphatic rings. The number of hydrogen-bond donors (Lipinski definition) is 2. The molecule has 114 valence electrons. The lowest BCUT2D eigenvalue weighted by atomic mass is 10.2. The van der Waals surface area contributed by atoms with Crippen molar-refractivity contribution >= 4 is 0 Å². The van der Waals surface area contributed by atoms with Gasteiger partial charge in [-0.25, -0.2) is 0 Å². The Balaban J connectivity index is 1.92. The smallest absolute Gasteiger partial charge is 0.0897 e. The van der Waals surface area contributed by atoms with Crippen LogP contribution in [-0.2, 0) is 9.47 Å². The van der Waals surface area contributed by atoms with Crippen molar-refractivity contribution in [2.75, 3.05) is 26.9 Å². The molecule has 1 aliphatic carbocycles. The third-order valence-electron chi connectivity index (χ3n) is 3.81. The first-order valence-corrected chi connectivity index (χ1v) is 7.78. The number of nitrogens with one attached hydrogen (secondary N) is 1. The number of aliphatic hydroxyl groups is 1. The molecule has 1 fully saturated rings. The molecule has 4 heteroatoms. The summed E-state index contributed by atoms with van der Waals surface area (Å²) in [5.41, 5.74) is 0. The largest absolute Gasteiger partial charge is 0.389 e. The van der Waals surface area contributed by atoms with Crippen LogP contribution < -0.4 is 5.32 Å². The molecule has 0 saturated heterocycles. The molecule has 0 spiro atoms. The van der Waals surface area contributed by atoms with Crippen LogP contribution in [0, 0.1) is 0 Å². The minimum Gasteiger partial charge on any atom is -0.389 e. The minimum absolute atomic E-state index is 0.393. The van der Waals surface area contributed by atoms with E-state index in [0.29, 0.717) is 25.3 Å². The number of methoxy groups -OCH3 is 1. The van der Waals surface area contributed by atoms with Gasteiger partial charge in [0.2, 0.25) is 0 Å². The molecule has 4 nitrogen and oxygen atoms in total. The highest BCUT2D eigenvalue weighted by Crippen LogP contribution is 2.21. The Bertz CT molecular complexity index is 214. The normalized spacial score (nSPS) is 24.8. The third kappa shape index (κ3) is 7.88. The first kappa shape index (κ1) is 16.9. The van der Waals surface area contributed by atoms with Crippen LogP contribution in [0.5, 0.6) is 0 Å². The van der Waals surface area contributed by atoms with E-state index in [0.717, 1.165) is 32.3 Å². The highest BCUT2D eigenvalue weighted by Gasteiger charge is 2.24. The van der Waals surface area contributed by atoms with Crippen molar-refractivity contribution in [1.82, 2.24) is 5.32 Å². The third-order valence-corrected chi connectivity index (χ3v) is 3.81. The number of ether oxygens (including phenoxy) is 2. The quantitative estimate of drug-likeness (QED) is 0.566. The van der Waals surface area contributed by atoms with Gasteiger partial charge in [-0.3, -0.25) is 0 Å². The summed E-state index contributed by atoms with van der Waals surface area (Å²) in [5, 5.41) is 13.2. The molecule has 3 unspecified atom stereocenters. The highest BCUT2D eigenvalue weighted by atomic mass is 16.5. The lowest BCUT2D eigenvalue weighted by molar-refractivity contribution is 0.0338. The molecular weight excluding hydrogens is 242 g/mol. The zero-order chi connectivity index (χ0) is 13.9. The Morgan fingerprint density at radius 3 is 2.79 bits per heavy atom. The van der Waals surface area contributed by atoms with E-state index in [4.69, 9.17) is 9.47 Å². The summed E-state index contributed by atoms with van der Waals surface area (Å²) in [5.74, 6) is 0. The molecule has 0 aromatic rings. The average molecular weight is 273 g/mol. The molecule has 1 saturated carbocycles. The molecule has 0 amide bonds. The van der Waals surface area contributed by atoms with Crippen LogP contribution in [0.3, 0.4) is 0 Å². The minimum atomic E-state index is -0.396. The monoisotopic (exact) mass is 273 g/mol. The van der Waals surface area contributed by atoms with E-state index in [1.54, 1.807) is 7.11 Å². The van der Waals surface area contributed by atoms with Crippen LogP contribution in [0.2, 0.25) is 0 Å². The van der Waals surface area contributed by atoms with Gasteiger partial charge in [0.05, 0.1) is 18.8 Å². The Hall–Kier alpha value is -0.160. The number of rotatable bonds is 11. The number of hydrogen-bond acceptors (Lipinski definition) is 4. The number of aliphatic hydroxyl groups excluding tert-OH is 1. The van der Waals surface area contributed by atoms with Crippen molar-refractivity contribution in [3.8, 4) is 0 Å². The maximum atomic E-state index is 9.82. The molecular formula is C15H31NO3. The molecule has 0 aliphatic heterocycles. The first-order chi connectivity index (χ1) is 9.26. The molecule has 0 radical (unpaired) electrons. The van der Waals surface area contributed by atoms with Crippen LogP contribution in [0.25, 0.3) is 0 Å². The van der Waals surface area contributed by atoms with Crippen LogP contribution >= 0.6 is 0 Å². The summed E-state index contributed by atoms with van der Waals surface area (Å²) >= 11 is 0. The van der Waals surface area contributed by atoms with Gasteiger partial charge in [-0.1, -0.05) is 26.2 Å². The van der Waals surface area contributed by atoms with Crippen LogP contribution in [-0.4, -0.2) is 50.2 Å². The summed E-state index contributed by atoms with van der Waals surface area (Å²) in [6.45, 7) is 4.04. The highest BCUT2D eigenvalue weighted by molar-refractivity contribution is 4.81. The lowest BCUT2D eigenvalue weighted by Crippen LogP contribution is -2.36. The van der Waals surface area contributed by atoms with Crippen molar-refractivity contribution in [3.05, 3.63) is 0 Å². The second-order valence-electron chi connectivity index (χ2n) is 5.57. The summed E-state index contributed by atoms with van der Waals surface area (Å²) in [6, 6.07) is 0.490. The van der Waals surface area contributed by atoms with Gasteiger partial charge in [0.25, 0.3) is 0 Å². The summed E-state index contributed by atoms with van der Waals surface area (Å²) in [7, 11) is 1.77. The summed E-state index contributed by atoms with van der Waals surface area (Å²) in [4.78, 5) is 0. The van der Waals surface area contributed by atoms with Crippen molar-refractivity contribution in [1.29, 1.82) is 0 Å². The maximum absolute atomic E-state index is 9.82. The van der Waals surface area contributed by atoms with Gasteiger partial charge in [-0.2, -0.15) is 0 Å². The van der Waals surface area contributed by atoms with Crippen molar-refractivity contribution in [3.63, 3.8) is 0 Å². The van der Waals surface area contributed by atoms with Gasteiger partial charge in [0, 0.05) is 26.3 Å². The van der Waals surface area contributed by atoms with Gasteiger partial charge in [-0.05, 0) is 25.7 Å². The maximum Gasteiger partial charge on any atom is 0.0897 e. The van der Waals surface area contributed by atoms with Crippen molar-refractivity contribution in [2.45, 2.75) is 70.1 Å². The second kappa shape index (κ2) is 10.6. The van der Waals surface area contributed by atoms with E-state index >= 15 is 0 Å². The predicted octanol–water partition coefficient (Wildman–Crippen LogP) is 2.10. The molecule has 0 heterocycles. The van der Waals surface area contributed by atoms with E-state index in [9.17, 15) is 5.11 Å². The Labute approximate surface area is 117 Å². The van der Waals surface area contributed by atoms with Gasteiger partial charge in [-0.15, -0.1) is 0 Å². The van der Waals surface area contributed by atoms with E-state index < -0.39 is 6.10 Å². The summed E-state index contributed by atoms with van der Waals surface area (Å²) < 4.78 is 10.8. The van der Waals surface area contributed by atoms with Crippen molar-refractivity contribution in [2.24, 2.45) is 0 Å².